The normalized spacial score (nSPS) is 17.0. The number of amides is 1. The van der Waals surface area contributed by atoms with E-state index in [4.69, 9.17) is 4.74 Å². The van der Waals surface area contributed by atoms with Gasteiger partial charge in [-0.15, -0.1) is 0 Å². The van der Waals surface area contributed by atoms with Crippen LogP contribution in [0, 0.1) is 0 Å². The van der Waals surface area contributed by atoms with Gasteiger partial charge in [0.05, 0.1) is 25.6 Å². The Labute approximate surface area is 135 Å². The first-order valence-corrected chi connectivity index (χ1v) is 7.68. The van der Waals surface area contributed by atoms with E-state index < -0.39 is 0 Å². The van der Waals surface area contributed by atoms with E-state index in [9.17, 15) is 9.59 Å². The Morgan fingerprint density at radius 1 is 1.09 bits per heavy atom. The molecular weight excluding hydrogens is 290 g/mol. The molecule has 1 heterocycles. The Bertz CT molecular complexity index is 645. The Morgan fingerprint density at radius 2 is 1.61 bits per heavy atom. The van der Waals surface area contributed by atoms with Crippen molar-refractivity contribution in [3.05, 3.63) is 71.8 Å². The third-order valence-corrected chi connectivity index (χ3v) is 4.23. The fourth-order valence-corrected chi connectivity index (χ4v) is 3.08. The Kier molecular flexibility index (Phi) is 4.42. The molecule has 118 valence electrons. The minimum atomic E-state index is -0.285. The van der Waals surface area contributed by atoms with Gasteiger partial charge in [0.2, 0.25) is 5.91 Å². The lowest BCUT2D eigenvalue weighted by atomic mass is 9.89. The lowest BCUT2D eigenvalue weighted by Gasteiger charge is -2.45. The molecule has 1 amide bonds. The van der Waals surface area contributed by atoms with Crippen molar-refractivity contribution in [1.82, 2.24) is 4.90 Å². The van der Waals surface area contributed by atoms with Crippen molar-refractivity contribution in [2.24, 2.45) is 0 Å². The van der Waals surface area contributed by atoms with Gasteiger partial charge in [0, 0.05) is 6.42 Å². The molecule has 0 aromatic heterocycles. The molecule has 2 aromatic rings. The molecule has 1 saturated heterocycles. The summed E-state index contributed by atoms with van der Waals surface area (Å²) >= 11 is 0. The van der Waals surface area contributed by atoms with Crippen molar-refractivity contribution in [3.63, 3.8) is 0 Å². The average molecular weight is 309 g/mol. The highest BCUT2D eigenvalue weighted by atomic mass is 16.5. The molecule has 0 spiro atoms. The molecule has 0 radical (unpaired) electrons. The topological polar surface area (TPSA) is 46.6 Å². The van der Waals surface area contributed by atoms with Crippen LogP contribution in [-0.4, -0.2) is 29.9 Å². The van der Waals surface area contributed by atoms with Crippen molar-refractivity contribution < 1.29 is 14.3 Å². The van der Waals surface area contributed by atoms with Crippen LogP contribution in [0.1, 0.15) is 30.0 Å². The van der Waals surface area contributed by atoms with Crippen LogP contribution in [0.2, 0.25) is 0 Å². The molecule has 4 heteroatoms. The van der Waals surface area contributed by atoms with Gasteiger partial charge in [-0.2, -0.15) is 0 Å². The number of esters is 1. The largest absolute Gasteiger partial charge is 0.469 e. The van der Waals surface area contributed by atoms with Gasteiger partial charge in [0.1, 0.15) is 0 Å². The molecule has 1 atom stereocenters. The van der Waals surface area contributed by atoms with Gasteiger partial charge in [-0.25, -0.2) is 0 Å². The SMILES string of the molecule is COC(=O)CC1CC(=O)N1C(c1ccccc1)c1ccccc1. The maximum atomic E-state index is 12.3. The second-order valence-corrected chi connectivity index (χ2v) is 5.66. The van der Waals surface area contributed by atoms with E-state index >= 15 is 0 Å². The Morgan fingerprint density at radius 3 is 2.04 bits per heavy atom. The Balaban J connectivity index is 1.95. The van der Waals surface area contributed by atoms with Crippen LogP contribution in [0.4, 0.5) is 0 Å². The number of ether oxygens (including phenoxy) is 1. The molecule has 0 bridgehead atoms. The highest BCUT2D eigenvalue weighted by molar-refractivity contribution is 5.86. The molecule has 0 N–H and O–H groups in total. The molecule has 1 unspecified atom stereocenters. The van der Waals surface area contributed by atoms with E-state index in [-0.39, 0.29) is 30.4 Å². The molecule has 23 heavy (non-hydrogen) atoms. The maximum Gasteiger partial charge on any atom is 0.307 e. The lowest BCUT2D eigenvalue weighted by Crippen LogP contribution is -2.55. The highest BCUT2D eigenvalue weighted by Crippen LogP contribution is 2.37. The number of methoxy groups -OCH3 is 1. The monoisotopic (exact) mass is 309 g/mol. The zero-order valence-electron chi connectivity index (χ0n) is 13.0. The van der Waals surface area contributed by atoms with Crippen LogP contribution >= 0.6 is 0 Å². The first kappa shape index (κ1) is 15.3. The van der Waals surface area contributed by atoms with Crippen molar-refractivity contribution in [1.29, 1.82) is 0 Å². The second-order valence-electron chi connectivity index (χ2n) is 5.66. The molecule has 1 aliphatic heterocycles. The molecular formula is C19H19NO3. The van der Waals surface area contributed by atoms with Gasteiger partial charge in [0.25, 0.3) is 0 Å². The van der Waals surface area contributed by atoms with Crippen LogP contribution in [0.15, 0.2) is 60.7 Å². The number of likely N-dealkylation sites (tertiary alicyclic amines) is 1. The summed E-state index contributed by atoms with van der Waals surface area (Å²) in [5.74, 6) is -0.219. The summed E-state index contributed by atoms with van der Waals surface area (Å²) in [6.07, 6.45) is 0.629. The fourth-order valence-electron chi connectivity index (χ4n) is 3.08. The quantitative estimate of drug-likeness (QED) is 0.630. The summed E-state index contributed by atoms with van der Waals surface area (Å²) in [6.45, 7) is 0. The van der Waals surface area contributed by atoms with E-state index in [0.717, 1.165) is 11.1 Å². The predicted octanol–water partition coefficient (Wildman–Crippen LogP) is 2.94. The molecule has 3 rings (SSSR count). The van der Waals surface area contributed by atoms with Crippen LogP contribution in [0.5, 0.6) is 0 Å². The maximum absolute atomic E-state index is 12.3. The average Bonchev–Trinajstić information content (AvgIpc) is 2.60. The molecule has 1 aliphatic rings. The summed E-state index contributed by atoms with van der Waals surface area (Å²) in [6, 6.07) is 19.5. The van der Waals surface area contributed by atoms with Gasteiger partial charge < -0.3 is 9.64 Å². The summed E-state index contributed by atoms with van der Waals surface area (Å²) in [5, 5.41) is 0. The number of hydrogen-bond donors (Lipinski definition) is 0. The minimum Gasteiger partial charge on any atom is -0.469 e. The number of carbonyl (C=O) groups is 2. The summed E-state index contributed by atoms with van der Waals surface area (Å²) in [4.78, 5) is 25.7. The predicted molar refractivity (Wildman–Crippen MR) is 86.6 cm³/mol. The van der Waals surface area contributed by atoms with Crippen LogP contribution < -0.4 is 0 Å². The second kappa shape index (κ2) is 6.65. The van der Waals surface area contributed by atoms with Crippen LogP contribution in [-0.2, 0) is 14.3 Å². The van der Waals surface area contributed by atoms with Crippen LogP contribution in [0.25, 0.3) is 0 Å². The Hall–Kier alpha value is -2.62. The van der Waals surface area contributed by atoms with E-state index in [0.29, 0.717) is 6.42 Å². The van der Waals surface area contributed by atoms with Gasteiger partial charge in [-0.1, -0.05) is 60.7 Å². The van der Waals surface area contributed by atoms with E-state index in [1.54, 1.807) is 0 Å². The first-order valence-electron chi connectivity index (χ1n) is 7.68. The first-order chi connectivity index (χ1) is 11.2. The van der Waals surface area contributed by atoms with E-state index in [1.807, 2.05) is 65.6 Å². The van der Waals surface area contributed by atoms with Crippen molar-refractivity contribution in [3.8, 4) is 0 Å². The molecule has 4 nitrogen and oxygen atoms in total. The summed E-state index contributed by atoms with van der Waals surface area (Å²) in [7, 11) is 1.37. The number of hydrogen-bond acceptors (Lipinski definition) is 3. The van der Waals surface area contributed by atoms with Gasteiger partial charge >= 0.3 is 5.97 Å². The lowest BCUT2D eigenvalue weighted by molar-refractivity contribution is -0.154. The van der Waals surface area contributed by atoms with Crippen molar-refractivity contribution in [2.45, 2.75) is 24.9 Å². The fraction of sp³-hybridized carbons (Fsp3) is 0.263. The number of rotatable bonds is 5. The molecule has 0 saturated carbocycles. The number of nitrogens with zero attached hydrogens (tertiary/aromatic N) is 1. The minimum absolute atomic E-state index is 0.0663. The zero-order chi connectivity index (χ0) is 16.2. The zero-order valence-corrected chi connectivity index (χ0v) is 13.0. The van der Waals surface area contributed by atoms with E-state index in [1.165, 1.54) is 7.11 Å². The number of β-lactam (4-membered cyclic amide) rings is 1. The van der Waals surface area contributed by atoms with Gasteiger partial charge in [-0.3, -0.25) is 9.59 Å². The third kappa shape index (κ3) is 3.11. The van der Waals surface area contributed by atoms with Crippen LogP contribution in [0.3, 0.4) is 0 Å². The van der Waals surface area contributed by atoms with Crippen molar-refractivity contribution >= 4 is 11.9 Å². The van der Waals surface area contributed by atoms with E-state index in [2.05, 4.69) is 0 Å². The summed E-state index contributed by atoms with van der Waals surface area (Å²) in [5.41, 5.74) is 2.09. The molecule has 2 aromatic carbocycles. The number of carbonyl (C=O) groups excluding carboxylic acids is 2. The molecule has 0 aliphatic carbocycles. The third-order valence-electron chi connectivity index (χ3n) is 4.23. The van der Waals surface area contributed by atoms with Crippen molar-refractivity contribution in [2.75, 3.05) is 7.11 Å². The molecule has 1 fully saturated rings. The smallest absolute Gasteiger partial charge is 0.307 e. The standard InChI is InChI=1S/C19H19NO3/c1-23-18(22)13-16-12-17(21)20(16)19(14-8-4-2-5-9-14)15-10-6-3-7-11-15/h2-11,16,19H,12-13H2,1H3. The van der Waals surface area contributed by atoms with Gasteiger partial charge in [-0.05, 0) is 11.1 Å². The summed E-state index contributed by atoms with van der Waals surface area (Å²) < 4.78 is 4.75. The highest BCUT2D eigenvalue weighted by Gasteiger charge is 2.42. The number of benzene rings is 2. The van der Waals surface area contributed by atoms with Gasteiger partial charge in [0.15, 0.2) is 0 Å².